The Morgan fingerprint density at radius 2 is 1.89 bits per heavy atom. The summed E-state index contributed by atoms with van der Waals surface area (Å²) in [4.78, 5) is 2.57. The summed E-state index contributed by atoms with van der Waals surface area (Å²) in [5.74, 6) is 0.979. The Morgan fingerprint density at radius 3 is 2.39 bits per heavy atom. The van der Waals surface area contributed by atoms with Gasteiger partial charge in [-0.1, -0.05) is 26.3 Å². The lowest BCUT2D eigenvalue weighted by Crippen LogP contribution is -2.40. The SMILES string of the molecule is C=C(CNC(C)(C)C)CN1CCC(CCC)CC1. The number of nitrogens with zero attached hydrogens (tertiary/aromatic N) is 1. The van der Waals surface area contributed by atoms with Crippen molar-refractivity contribution in [3.63, 3.8) is 0 Å². The van der Waals surface area contributed by atoms with E-state index in [0.29, 0.717) is 0 Å². The van der Waals surface area contributed by atoms with Crippen molar-refractivity contribution >= 4 is 0 Å². The van der Waals surface area contributed by atoms with Gasteiger partial charge in [-0.05, 0) is 58.2 Å². The van der Waals surface area contributed by atoms with Crippen molar-refractivity contribution in [3.8, 4) is 0 Å². The molecular formula is C16H32N2. The fraction of sp³-hybridized carbons (Fsp3) is 0.875. The van der Waals surface area contributed by atoms with E-state index >= 15 is 0 Å². The van der Waals surface area contributed by atoms with E-state index in [4.69, 9.17) is 0 Å². The topological polar surface area (TPSA) is 15.3 Å². The van der Waals surface area contributed by atoms with Gasteiger partial charge in [-0.2, -0.15) is 0 Å². The van der Waals surface area contributed by atoms with Crippen LogP contribution >= 0.6 is 0 Å². The normalized spacial score (nSPS) is 19.1. The zero-order chi connectivity index (χ0) is 13.6. The standard InChI is InChI=1S/C16H32N2/c1-6-7-15-8-10-18(11-9-15)13-14(2)12-17-16(3,4)5/h15,17H,2,6-13H2,1,3-5H3. The molecule has 106 valence electrons. The summed E-state index contributed by atoms with van der Waals surface area (Å²) in [5.41, 5.74) is 1.51. The van der Waals surface area contributed by atoms with Gasteiger partial charge in [0, 0.05) is 18.6 Å². The van der Waals surface area contributed by atoms with Crippen molar-refractivity contribution in [3.05, 3.63) is 12.2 Å². The van der Waals surface area contributed by atoms with Gasteiger partial charge < -0.3 is 5.32 Å². The zero-order valence-corrected chi connectivity index (χ0v) is 12.9. The number of hydrogen-bond donors (Lipinski definition) is 1. The van der Waals surface area contributed by atoms with Crippen molar-refractivity contribution in [2.24, 2.45) is 5.92 Å². The third kappa shape index (κ3) is 6.55. The smallest absolute Gasteiger partial charge is 0.0202 e. The highest BCUT2D eigenvalue weighted by molar-refractivity contribution is 5.01. The van der Waals surface area contributed by atoms with E-state index in [1.807, 2.05) is 0 Å². The molecule has 0 amide bonds. The van der Waals surface area contributed by atoms with Crippen LogP contribution < -0.4 is 5.32 Å². The number of piperidine rings is 1. The second-order valence-corrected chi connectivity index (χ2v) is 6.86. The van der Waals surface area contributed by atoms with Crippen LogP contribution in [0.25, 0.3) is 0 Å². The molecule has 18 heavy (non-hydrogen) atoms. The Bertz CT molecular complexity index is 244. The summed E-state index contributed by atoms with van der Waals surface area (Å²) in [6.45, 7) is 17.7. The van der Waals surface area contributed by atoms with Gasteiger partial charge in [-0.3, -0.25) is 4.90 Å². The molecule has 0 aliphatic carbocycles. The van der Waals surface area contributed by atoms with E-state index < -0.39 is 0 Å². The molecule has 2 heteroatoms. The largest absolute Gasteiger partial charge is 0.308 e. The molecule has 0 saturated carbocycles. The van der Waals surface area contributed by atoms with Gasteiger partial charge in [0.15, 0.2) is 0 Å². The maximum absolute atomic E-state index is 4.20. The highest BCUT2D eigenvalue weighted by Gasteiger charge is 2.19. The molecule has 0 atom stereocenters. The van der Waals surface area contributed by atoms with Crippen LogP contribution in [0, 0.1) is 5.92 Å². The van der Waals surface area contributed by atoms with Crippen LogP contribution in [-0.2, 0) is 0 Å². The van der Waals surface area contributed by atoms with Crippen molar-refractivity contribution in [1.29, 1.82) is 0 Å². The summed E-state index contributed by atoms with van der Waals surface area (Å²) in [6, 6.07) is 0. The monoisotopic (exact) mass is 252 g/mol. The van der Waals surface area contributed by atoms with E-state index in [1.165, 1.54) is 44.3 Å². The van der Waals surface area contributed by atoms with Crippen molar-refractivity contribution in [2.75, 3.05) is 26.2 Å². The molecule has 1 saturated heterocycles. The van der Waals surface area contributed by atoms with E-state index in [-0.39, 0.29) is 5.54 Å². The lowest BCUT2D eigenvalue weighted by atomic mass is 9.92. The van der Waals surface area contributed by atoms with Crippen LogP contribution in [0.4, 0.5) is 0 Å². The van der Waals surface area contributed by atoms with E-state index in [1.54, 1.807) is 0 Å². The quantitative estimate of drug-likeness (QED) is 0.729. The van der Waals surface area contributed by atoms with Crippen LogP contribution in [0.3, 0.4) is 0 Å². The lowest BCUT2D eigenvalue weighted by molar-refractivity contribution is 0.189. The molecule has 2 nitrogen and oxygen atoms in total. The van der Waals surface area contributed by atoms with Gasteiger partial charge >= 0.3 is 0 Å². The van der Waals surface area contributed by atoms with E-state index in [2.05, 4.69) is 44.5 Å². The maximum atomic E-state index is 4.20. The fourth-order valence-electron chi connectivity index (χ4n) is 2.60. The first-order chi connectivity index (χ1) is 8.40. The predicted molar refractivity (Wildman–Crippen MR) is 81.0 cm³/mol. The summed E-state index contributed by atoms with van der Waals surface area (Å²) in [7, 11) is 0. The summed E-state index contributed by atoms with van der Waals surface area (Å²) < 4.78 is 0. The minimum atomic E-state index is 0.192. The van der Waals surface area contributed by atoms with Crippen LogP contribution in [0.15, 0.2) is 12.2 Å². The number of nitrogens with one attached hydrogen (secondary N) is 1. The summed E-state index contributed by atoms with van der Waals surface area (Å²) >= 11 is 0. The molecule has 1 aliphatic heterocycles. The second-order valence-electron chi connectivity index (χ2n) is 6.86. The first-order valence-corrected chi connectivity index (χ1v) is 7.54. The Balaban J connectivity index is 2.18. The minimum absolute atomic E-state index is 0.192. The van der Waals surface area contributed by atoms with Gasteiger partial charge in [-0.15, -0.1) is 0 Å². The van der Waals surface area contributed by atoms with Gasteiger partial charge in [0.1, 0.15) is 0 Å². The van der Waals surface area contributed by atoms with Gasteiger partial charge in [0.25, 0.3) is 0 Å². The Kier molecular flexibility index (Phi) is 6.37. The number of likely N-dealkylation sites (tertiary alicyclic amines) is 1. The molecule has 0 aromatic carbocycles. The Labute approximate surface area is 114 Å². The molecule has 1 heterocycles. The van der Waals surface area contributed by atoms with Gasteiger partial charge in [0.05, 0.1) is 0 Å². The van der Waals surface area contributed by atoms with Crippen molar-refractivity contribution in [1.82, 2.24) is 10.2 Å². The molecule has 0 radical (unpaired) electrons. The molecular weight excluding hydrogens is 220 g/mol. The average Bonchev–Trinajstić information content (AvgIpc) is 2.29. The molecule has 0 unspecified atom stereocenters. The molecule has 0 bridgehead atoms. The first kappa shape index (κ1) is 15.7. The fourth-order valence-corrected chi connectivity index (χ4v) is 2.60. The van der Waals surface area contributed by atoms with Crippen LogP contribution in [0.1, 0.15) is 53.4 Å². The average molecular weight is 252 g/mol. The molecule has 1 aliphatic rings. The van der Waals surface area contributed by atoms with Crippen LogP contribution in [0.2, 0.25) is 0 Å². The zero-order valence-electron chi connectivity index (χ0n) is 12.9. The third-order valence-corrected chi connectivity index (χ3v) is 3.72. The molecule has 0 spiro atoms. The van der Waals surface area contributed by atoms with Crippen molar-refractivity contribution in [2.45, 2.75) is 58.9 Å². The number of hydrogen-bond acceptors (Lipinski definition) is 2. The molecule has 0 aromatic rings. The molecule has 1 N–H and O–H groups in total. The number of rotatable bonds is 6. The molecule has 1 fully saturated rings. The van der Waals surface area contributed by atoms with Crippen LogP contribution in [0.5, 0.6) is 0 Å². The second kappa shape index (κ2) is 7.30. The Hall–Kier alpha value is -0.340. The molecule has 0 aromatic heterocycles. The van der Waals surface area contributed by atoms with Gasteiger partial charge in [0.2, 0.25) is 0 Å². The lowest BCUT2D eigenvalue weighted by Gasteiger charge is -2.32. The first-order valence-electron chi connectivity index (χ1n) is 7.54. The van der Waals surface area contributed by atoms with Crippen LogP contribution in [-0.4, -0.2) is 36.6 Å². The predicted octanol–water partition coefficient (Wildman–Crippen LogP) is 3.44. The highest BCUT2D eigenvalue weighted by atomic mass is 15.1. The van der Waals surface area contributed by atoms with E-state index in [9.17, 15) is 0 Å². The minimum Gasteiger partial charge on any atom is -0.308 e. The van der Waals surface area contributed by atoms with Gasteiger partial charge in [-0.25, -0.2) is 0 Å². The Morgan fingerprint density at radius 1 is 1.28 bits per heavy atom. The van der Waals surface area contributed by atoms with Crippen molar-refractivity contribution < 1.29 is 0 Å². The third-order valence-electron chi connectivity index (χ3n) is 3.72. The van der Waals surface area contributed by atoms with E-state index in [0.717, 1.165) is 19.0 Å². The summed E-state index contributed by atoms with van der Waals surface area (Å²) in [6.07, 6.45) is 5.52. The molecule has 1 rings (SSSR count). The maximum Gasteiger partial charge on any atom is 0.0202 e. The summed E-state index contributed by atoms with van der Waals surface area (Å²) in [5, 5.41) is 3.51. The highest BCUT2D eigenvalue weighted by Crippen LogP contribution is 2.21.